The zero-order chi connectivity index (χ0) is 14.4. The summed E-state index contributed by atoms with van der Waals surface area (Å²) in [5.41, 5.74) is 2.85. The predicted molar refractivity (Wildman–Crippen MR) is 87.1 cm³/mol. The molecule has 1 atom stereocenters. The molecule has 20 heavy (non-hydrogen) atoms. The second kappa shape index (κ2) is 7.80. The van der Waals surface area contributed by atoms with E-state index in [0.29, 0.717) is 6.04 Å². The van der Waals surface area contributed by atoms with Gasteiger partial charge in [-0.15, -0.1) is 0 Å². The molecule has 0 radical (unpaired) electrons. The van der Waals surface area contributed by atoms with Crippen LogP contribution >= 0.6 is 0 Å². The Morgan fingerprint density at radius 1 is 1.20 bits per heavy atom. The first-order valence-electron chi connectivity index (χ1n) is 8.21. The van der Waals surface area contributed by atoms with E-state index in [-0.39, 0.29) is 0 Å². The highest BCUT2D eigenvalue weighted by atomic mass is 15.2. The van der Waals surface area contributed by atoms with Crippen molar-refractivity contribution >= 4 is 0 Å². The average molecular weight is 274 g/mol. The standard InChI is InChI=1S/C18H30N2/c1-4-19-18(17-13-9-8-10-15(17)2)14-20(3)16-11-6-5-7-12-16/h8-10,13,16,18-19H,4-7,11-12,14H2,1-3H3. The van der Waals surface area contributed by atoms with Crippen molar-refractivity contribution < 1.29 is 0 Å². The Labute approximate surface area is 124 Å². The maximum absolute atomic E-state index is 3.67. The molecule has 112 valence electrons. The van der Waals surface area contributed by atoms with Gasteiger partial charge in [-0.05, 0) is 44.5 Å². The summed E-state index contributed by atoms with van der Waals surface area (Å²) in [5.74, 6) is 0. The summed E-state index contributed by atoms with van der Waals surface area (Å²) in [6.45, 7) is 6.56. The Kier molecular flexibility index (Phi) is 6.06. The average Bonchev–Trinajstić information content (AvgIpc) is 2.48. The molecule has 0 aromatic heterocycles. The summed E-state index contributed by atoms with van der Waals surface area (Å²) < 4.78 is 0. The molecular formula is C18H30N2. The highest BCUT2D eigenvalue weighted by molar-refractivity contribution is 5.29. The zero-order valence-corrected chi connectivity index (χ0v) is 13.4. The van der Waals surface area contributed by atoms with Gasteiger partial charge in [0.05, 0.1) is 0 Å². The van der Waals surface area contributed by atoms with E-state index >= 15 is 0 Å². The molecule has 0 spiro atoms. The molecule has 1 unspecified atom stereocenters. The number of hydrogen-bond donors (Lipinski definition) is 1. The second-order valence-electron chi connectivity index (χ2n) is 6.20. The number of benzene rings is 1. The van der Waals surface area contributed by atoms with Crippen molar-refractivity contribution in [2.75, 3.05) is 20.1 Å². The lowest BCUT2D eigenvalue weighted by atomic mass is 9.93. The van der Waals surface area contributed by atoms with E-state index in [1.165, 1.54) is 43.2 Å². The molecule has 1 aromatic rings. The van der Waals surface area contributed by atoms with Crippen LogP contribution in [0.2, 0.25) is 0 Å². The van der Waals surface area contributed by atoms with Gasteiger partial charge in [0, 0.05) is 18.6 Å². The van der Waals surface area contributed by atoms with Gasteiger partial charge in [-0.3, -0.25) is 0 Å². The topological polar surface area (TPSA) is 15.3 Å². The van der Waals surface area contributed by atoms with Gasteiger partial charge >= 0.3 is 0 Å². The van der Waals surface area contributed by atoms with Crippen LogP contribution in [0.25, 0.3) is 0 Å². The molecule has 0 bridgehead atoms. The largest absolute Gasteiger partial charge is 0.309 e. The van der Waals surface area contributed by atoms with Gasteiger partial charge in [-0.1, -0.05) is 50.5 Å². The van der Waals surface area contributed by atoms with Gasteiger partial charge < -0.3 is 10.2 Å². The number of likely N-dealkylation sites (N-methyl/N-ethyl adjacent to an activating group) is 2. The first kappa shape index (κ1) is 15.5. The maximum Gasteiger partial charge on any atom is 0.0451 e. The minimum Gasteiger partial charge on any atom is -0.309 e. The molecule has 2 nitrogen and oxygen atoms in total. The molecule has 1 saturated carbocycles. The highest BCUT2D eigenvalue weighted by Gasteiger charge is 2.21. The molecule has 0 amide bonds. The van der Waals surface area contributed by atoms with Gasteiger partial charge in [0.1, 0.15) is 0 Å². The van der Waals surface area contributed by atoms with E-state index in [1.807, 2.05) is 0 Å². The van der Waals surface area contributed by atoms with Gasteiger partial charge in [0.15, 0.2) is 0 Å². The van der Waals surface area contributed by atoms with Crippen molar-refractivity contribution in [1.82, 2.24) is 10.2 Å². The molecule has 1 aliphatic carbocycles. The minimum atomic E-state index is 0.452. The molecule has 0 heterocycles. The third-order valence-corrected chi connectivity index (χ3v) is 4.68. The maximum atomic E-state index is 3.67. The van der Waals surface area contributed by atoms with Crippen molar-refractivity contribution in [2.45, 2.75) is 58.0 Å². The van der Waals surface area contributed by atoms with Crippen LogP contribution in [0.4, 0.5) is 0 Å². The third kappa shape index (κ3) is 4.07. The van der Waals surface area contributed by atoms with E-state index in [0.717, 1.165) is 19.1 Å². The summed E-state index contributed by atoms with van der Waals surface area (Å²) in [7, 11) is 2.30. The van der Waals surface area contributed by atoms with Crippen LogP contribution in [0.15, 0.2) is 24.3 Å². The summed E-state index contributed by atoms with van der Waals surface area (Å²) in [6, 6.07) is 10.0. The van der Waals surface area contributed by atoms with E-state index in [4.69, 9.17) is 0 Å². The van der Waals surface area contributed by atoms with Gasteiger partial charge in [-0.2, -0.15) is 0 Å². The number of nitrogens with zero attached hydrogens (tertiary/aromatic N) is 1. The lowest BCUT2D eigenvalue weighted by molar-refractivity contribution is 0.174. The van der Waals surface area contributed by atoms with Crippen molar-refractivity contribution in [3.8, 4) is 0 Å². The Morgan fingerprint density at radius 2 is 1.90 bits per heavy atom. The Bertz CT molecular complexity index is 396. The molecule has 1 aliphatic rings. The summed E-state index contributed by atoms with van der Waals surface area (Å²) in [4.78, 5) is 2.58. The quantitative estimate of drug-likeness (QED) is 0.846. The predicted octanol–water partition coefficient (Wildman–Crippen LogP) is 3.91. The van der Waals surface area contributed by atoms with Crippen LogP contribution in [-0.2, 0) is 0 Å². The van der Waals surface area contributed by atoms with Crippen LogP contribution in [0.5, 0.6) is 0 Å². The minimum absolute atomic E-state index is 0.452. The van der Waals surface area contributed by atoms with Crippen LogP contribution < -0.4 is 5.32 Å². The summed E-state index contributed by atoms with van der Waals surface area (Å²) in [5, 5.41) is 3.67. The van der Waals surface area contributed by atoms with E-state index in [1.54, 1.807) is 0 Å². The molecule has 2 rings (SSSR count). The first-order valence-corrected chi connectivity index (χ1v) is 8.21. The second-order valence-corrected chi connectivity index (χ2v) is 6.20. The number of aryl methyl sites for hydroxylation is 1. The van der Waals surface area contributed by atoms with Crippen LogP contribution in [0.3, 0.4) is 0 Å². The molecule has 1 N–H and O–H groups in total. The smallest absolute Gasteiger partial charge is 0.0451 e. The molecule has 1 fully saturated rings. The lowest BCUT2D eigenvalue weighted by Crippen LogP contribution is -2.40. The molecule has 0 aliphatic heterocycles. The lowest BCUT2D eigenvalue weighted by Gasteiger charge is -2.34. The van der Waals surface area contributed by atoms with Crippen LogP contribution in [-0.4, -0.2) is 31.1 Å². The fourth-order valence-electron chi connectivity index (χ4n) is 3.46. The fraction of sp³-hybridized carbons (Fsp3) is 0.667. The number of nitrogens with one attached hydrogen (secondary N) is 1. The normalized spacial score (nSPS) is 18.4. The van der Waals surface area contributed by atoms with E-state index in [9.17, 15) is 0 Å². The Hall–Kier alpha value is -0.860. The zero-order valence-electron chi connectivity index (χ0n) is 13.4. The van der Waals surface area contributed by atoms with Crippen molar-refractivity contribution in [2.24, 2.45) is 0 Å². The van der Waals surface area contributed by atoms with Crippen LogP contribution in [0.1, 0.15) is 56.2 Å². The van der Waals surface area contributed by atoms with Gasteiger partial charge in [0.2, 0.25) is 0 Å². The summed E-state index contributed by atoms with van der Waals surface area (Å²) >= 11 is 0. The van der Waals surface area contributed by atoms with Gasteiger partial charge in [-0.25, -0.2) is 0 Å². The van der Waals surface area contributed by atoms with Crippen molar-refractivity contribution in [1.29, 1.82) is 0 Å². The van der Waals surface area contributed by atoms with Gasteiger partial charge in [0.25, 0.3) is 0 Å². The van der Waals surface area contributed by atoms with Crippen molar-refractivity contribution in [3.05, 3.63) is 35.4 Å². The van der Waals surface area contributed by atoms with Crippen molar-refractivity contribution in [3.63, 3.8) is 0 Å². The monoisotopic (exact) mass is 274 g/mol. The highest BCUT2D eigenvalue weighted by Crippen LogP contribution is 2.24. The molecule has 2 heteroatoms. The third-order valence-electron chi connectivity index (χ3n) is 4.68. The Balaban J connectivity index is 2.03. The molecular weight excluding hydrogens is 244 g/mol. The fourth-order valence-corrected chi connectivity index (χ4v) is 3.46. The van der Waals surface area contributed by atoms with Crippen LogP contribution in [0, 0.1) is 6.92 Å². The Morgan fingerprint density at radius 3 is 2.55 bits per heavy atom. The molecule has 0 saturated heterocycles. The van der Waals surface area contributed by atoms with E-state index < -0.39 is 0 Å². The first-order chi connectivity index (χ1) is 9.72. The van der Waals surface area contributed by atoms with E-state index in [2.05, 4.69) is 55.4 Å². The summed E-state index contributed by atoms with van der Waals surface area (Å²) in [6.07, 6.45) is 7.00. The SMILES string of the molecule is CCNC(CN(C)C1CCCCC1)c1ccccc1C. The molecule has 1 aromatic carbocycles. The number of rotatable bonds is 6. The number of hydrogen-bond acceptors (Lipinski definition) is 2.